The largest absolute Gasteiger partial charge is 0.497 e. The molecule has 1 aliphatic heterocycles. The molecule has 17 nitrogen and oxygen atoms in total. The van der Waals surface area contributed by atoms with Crippen LogP contribution in [0.3, 0.4) is 0 Å². The Kier molecular flexibility index (Phi) is 14.6. The third kappa shape index (κ3) is 11.9. The van der Waals surface area contributed by atoms with E-state index in [-0.39, 0.29) is 30.8 Å². The number of fused-ring (bicyclic) bond motifs is 1. The van der Waals surface area contributed by atoms with Crippen molar-refractivity contribution in [3.05, 3.63) is 110 Å². The summed E-state index contributed by atoms with van der Waals surface area (Å²) in [5, 5.41) is 8.60. The lowest BCUT2D eigenvalue weighted by Gasteiger charge is -2.30. The van der Waals surface area contributed by atoms with Crippen molar-refractivity contribution in [2.45, 2.75) is 67.8 Å². The first-order valence-electron chi connectivity index (χ1n) is 21.0. The normalized spacial score (nSPS) is 19.9. The predicted octanol–water partition coefficient (Wildman–Crippen LogP) is 3.95. The first-order chi connectivity index (χ1) is 30.8. The Morgan fingerprint density at radius 2 is 1.69 bits per heavy atom. The summed E-state index contributed by atoms with van der Waals surface area (Å²) >= 11 is 0. The molecule has 4 N–H and O–H groups in total. The lowest BCUT2D eigenvalue weighted by Crippen LogP contribution is -2.59. The number of methoxy groups -OCH3 is 1. The van der Waals surface area contributed by atoms with E-state index >= 15 is 0 Å². The second kappa shape index (κ2) is 19.9. The highest BCUT2D eigenvalue weighted by atomic mass is 32.2. The second-order valence-electron chi connectivity index (χ2n) is 17.1. The van der Waals surface area contributed by atoms with Gasteiger partial charge in [0, 0.05) is 54.6 Å². The Morgan fingerprint density at radius 3 is 2.32 bits per heavy atom. The minimum Gasteiger partial charge on any atom is -0.497 e. The number of amides is 5. The number of benzene rings is 3. The predicted molar refractivity (Wildman–Crippen MR) is 243 cm³/mol. The molecule has 1 aromatic heterocycles. The van der Waals surface area contributed by atoms with E-state index in [4.69, 9.17) is 19.2 Å². The topological polar surface area (TPSA) is 215 Å². The van der Waals surface area contributed by atoms with Crippen LogP contribution in [0.1, 0.15) is 33.6 Å². The summed E-state index contributed by atoms with van der Waals surface area (Å²) in [7, 11) is 0.870. The monoisotopic (exact) mass is 909 g/mol. The number of aromatic nitrogens is 1. The molecule has 0 radical (unpaired) electrons. The van der Waals surface area contributed by atoms with Gasteiger partial charge in [-0.25, -0.2) is 22.9 Å². The average molecular weight is 910 g/mol. The number of likely N-dealkylation sites (N-methyl/N-ethyl adjacent to an activating group) is 1. The van der Waals surface area contributed by atoms with Gasteiger partial charge in [0.1, 0.15) is 40.8 Å². The number of nitrogens with zero attached hydrogens (tertiary/aromatic N) is 3. The van der Waals surface area contributed by atoms with Crippen LogP contribution >= 0.6 is 0 Å². The summed E-state index contributed by atoms with van der Waals surface area (Å²) < 4.78 is 46.3. The van der Waals surface area contributed by atoms with Crippen molar-refractivity contribution in [1.29, 1.82) is 0 Å². The fourth-order valence-electron chi connectivity index (χ4n) is 7.40. The summed E-state index contributed by atoms with van der Waals surface area (Å²) in [4.78, 5) is 77.3. The summed E-state index contributed by atoms with van der Waals surface area (Å²) in [6.07, 6.45) is 2.51. The number of carbonyl (C=O) groups is 5. The van der Waals surface area contributed by atoms with Crippen molar-refractivity contribution in [1.82, 2.24) is 35.5 Å². The van der Waals surface area contributed by atoms with Crippen LogP contribution in [-0.4, -0.2) is 123 Å². The van der Waals surface area contributed by atoms with Crippen LogP contribution in [0, 0.1) is 5.92 Å². The van der Waals surface area contributed by atoms with Crippen molar-refractivity contribution in [2.24, 2.45) is 5.92 Å². The molecule has 0 bridgehead atoms. The molecule has 5 amide bonds. The third-order valence-corrected chi connectivity index (χ3v) is 12.1. The summed E-state index contributed by atoms with van der Waals surface area (Å²) in [6.45, 7) is 8.63. The van der Waals surface area contributed by atoms with Gasteiger partial charge in [-0.3, -0.25) is 19.2 Å². The maximum Gasteiger partial charge on any atom is 0.408 e. The Morgan fingerprint density at radius 1 is 1.00 bits per heavy atom. The van der Waals surface area contributed by atoms with Crippen LogP contribution in [0.4, 0.5) is 4.79 Å². The van der Waals surface area contributed by atoms with Gasteiger partial charge in [-0.2, -0.15) is 0 Å². The van der Waals surface area contributed by atoms with Crippen LogP contribution in [0.15, 0.2) is 115 Å². The number of sulfonamides is 1. The molecule has 1 unspecified atom stereocenters. The highest BCUT2D eigenvalue weighted by molar-refractivity contribution is 7.90. The fourth-order valence-corrected chi connectivity index (χ4v) is 8.46. The first kappa shape index (κ1) is 47.7. The summed E-state index contributed by atoms with van der Waals surface area (Å²) in [6, 6.07) is 21.0. The fraction of sp³-hybridized carbons (Fsp3) is 0.362. The molecule has 1 aliphatic carbocycles. The second-order valence-corrected chi connectivity index (χ2v) is 18.8. The Balaban J connectivity index is 1.35. The van der Waals surface area contributed by atoms with Crippen molar-refractivity contribution >= 4 is 50.6 Å². The van der Waals surface area contributed by atoms with Crippen LogP contribution in [0.25, 0.3) is 22.2 Å². The van der Waals surface area contributed by atoms with E-state index in [2.05, 4.69) is 27.3 Å². The van der Waals surface area contributed by atoms with Crippen molar-refractivity contribution < 1.29 is 46.6 Å². The van der Waals surface area contributed by atoms with E-state index < -0.39 is 75.0 Å². The molecule has 344 valence electrons. The number of alkyl carbamates (subject to hydrolysis) is 1. The molecule has 1 saturated heterocycles. The van der Waals surface area contributed by atoms with Gasteiger partial charge < -0.3 is 40.0 Å². The highest BCUT2D eigenvalue weighted by Gasteiger charge is 2.61. The molecular formula is C47H55N7O10S. The van der Waals surface area contributed by atoms with Gasteiger partial charge in [-0.15, -0.1) is 6.58 Å². The van der Waals surface area contributed by atoms with E-state index in [9.17, 15) is 32.4 Å². The Labute approximate surface area is 378 Å². The number of nitrogens with one attached hydrogen (secondary N) is 4. The number of hydrogen-bond acceptors (Lipinski definition) is 12. The molecular weight excluding hydrogens is 855 g/mol. The van der Waals surface area contributed by atoms with Crippen LogP contribution < -0.4 is 30.1 Å². The van der Waals surface area contributed by atoms with Gasteiger partial charge in [-0.05, 0) is 65.6 Å². The molecule has 3 aromatic carbocycles. The molecule has 4 aromatic rings. The number of pyridine rings is 1. The minimum atomic E-state index is -4.34. The van der Waals surface area contributed by atoms with E-state index in [1.165, 1.54) is 41.3 Å². The maximum absolute atomic E-state index is 14.8. The minimum absolute atomic E-state index is 0.0317. The van der Waals surface area contributed by atoms with Crippen LogP contribution in [-0.2, 0) is 33.9 Å². The first-order valence-corrected chi connectivity index (χ1v) is 22.5. The van der Waals surface area contributed by atoms with Gasteiger partial charge in [0.25, 0.3) is 15.9 Å². The van der Waals surface area contributed by atoms with Crippen molar-refractivity contribution in [3.63, 3.8) is 0 Å². The Bertz CT molecular complexity index is 2570. The number of likely N-dealkylation sites (tertiary alicyclic amines) is 1. The number of carbonyl (C=O) groups excluding carboxylic acids is 5. The average Bonchev–Trinajstić information content (AvgIpc) is 3.83. The van der Waals surface area contributed by atoms with Crippen molar-refractivity contribution in [3.8, 4) is 22.8 Å². The summed E-state index contributed by atoms with van der Waals surface area (Å²) in [5.41, 5.74) is -0.728. The zero-order valence-corrected chi connectivity index (χ0v) is 38.0. The van der Waals surface area contributed by atoms with Gasteiger partial charge in [0.15, 0.2) is 0 Å². The Hall–Kier alpha value is -6.79. The standard InChI is InChI=1S/C47H55N7O10S/c1-8-31-27-47(31,44(58)52-65(60,61)34-18-13-10-14-19-34)51-42(56)39-25-33(63-40-26-36(30-16-11-9-12-17-30)49-37-24-32(62-7)21-22-35(37)40)29-54(39)43(57)38(50-45(59)64-46(2,3)4)28-48-41(55)20-15-23-53(5)6/h8-22,24,26,31,33,38-39H,1,23,25,27-29H2,2-7H3,(H,48,55)(H,50,59)(H,51,56)(H,52,58)/t31-,33-,38?,39+,47-/m1/s1. The zero-order chi connectivity index (χ0) is 47.1. The summed E-state index contributed by atoms with van der Waals surface area (Å²) in [5.74, 6) is -2.77. The van der Waals surface area contributed by atoms with Gasteiger partial charge in [-0.1, -0.05) is 60.7 Å². The van der Waals surface area contributed by atoms with Gasteiger partial charge >= 0.3 is 6.09 Å². The van der Waals surface area contributed by atoms with Crippen LogP contribution in [0.5, 0.6) is 11.5 Å². The molecule has 2 fully saturated rings. The lowest BCUT2D eigenvalue weighted by molar-refractivity contribution is -0.141. The van der Waals surface area contributed by atoms with Crippen molar-refractivity contribution in [2.75, 3.05) is 40.8 Å². The molecule has 2 aliphatic rings. The van der Waals surface area contributed by atoms with E-state index in [1.54, 1.807) is 64.3 Å². The molecule has 0 spiro atoms. The number of hydrogen-bond donors (Lipinski definition) is 4. The molecule has 18 heteroatoms. The molecule has 2 heterocycles. The van der Waals surface area contributed by atoms with E-state index in [0.717, 1.165) is 5.56 Å². The molecule has 5 atom stereocenters. The molecule has 65 heavy (non-hydrogen) atoms. The molecule has 1 saturated carbocycles. The smallest absolute Gasteiger partial charge is 0.408 e. The third-order valence-electron chi connectivity index (χ3n) is 10.7. The molecule has 6 rings (SSSR count). The highest BCUT2D eigenvalue weighted by Crippen LogP contribution is 2.45. The van der Waals surface area contributed by atoms with Gasteiger partial charge in [0.05, 0.1) is 29.8 Å². The van der Waals surface area contributed by atoms with Crippen LogP contribution in [0.2, 0.25) is 0 Å². The number of ether oxygens (including phenoxy) is 3. The maximum atomic E-state index is 14.8. The number of rotatable bonds is 17. The SMILES string of the molecule is C=C[C@@H]1C[C@]1(NC(=O)[C@@H]1C[C@@H](Oc2cc(-c3ccccc3)nc3cc(OC)ccc23)CN1C(=O)C(CNC(=O)C=CCN(C)C)NC(=O)OC(C)(C)C)C(=O)NS(=O)(=O)c1ccccc1. The van der Waals surface area contributed by atoms with E-state index in [0.29, 0.717) is 34.6 Å². The quantitative estimate of drug-likeness (QED) is 0.0876. The van der Waals surface area contributed by atoms with Gasteiger partial charge in [0.2, 0.25) is 17.7 Å². The zero-order valence-electron chi connectivity index (χ0n) is 37.2. The lowest BCUT2D eigenvalue weighted by atomic mass is 10.1. The van der Waals surface area contributed by atoms with E-state index in [1.807, 2.05) is 49.3 Å².